The average Bonchev–Trinajstić information content (AvgIpc) is 3.20. The first-order valence-electron chi connectivity index (χ1n) is 10.1. The van der Waals surface area contributed by atoms with Crippen LogP contribution in [-0.2, 0) is 6.42 Å². The van der Waals surface area contributed by atoms with Crippen molar-refractivity contribution in [3.8, 4) is 23.4 Å². The van der Waals surface area contributed by atoms with Gasteiger partial charge in [-0.15, -0.1) is 0 Å². The Morgan fingerprint density at radius 3 is 2.73 bits per heavy atom. The van der Waals surface area contributed by atoms with Crippen molar-refractivity contribution >= 4 is 16.9 Å². The maximum absolute atomic E-state index is 13.3. The molecule has 4 aromatic heterocycles. The molecule has 0 fully saturated rings. The number of benzene rings is 1. The second-order valence-electron chi connectivity index (χ2n) is 7.34. The molecule has 0 saturated carbocycles. The van der Waals surface area contributed by atoms with E-state index >= 15 is 0 Å². The summed E-state index contributed by atoms with van der Waals surface area (Å²) in [5.74, 6) is 6.45. The highest BCUT2D eigenvalue weighted by atomic mass is 19.1. The van der Waals surface area contributed by atoms with E-state index in [-0.39, 0.29) is 5.95 Å². The predicted octanol–water partition coefficient (Wildman–Crippen LogP) is 3.23. The quantitative estimate of drug-likeness (QED) is 0.417. The molecule has 5 aromatic rings. The van der Waals surface area contributed by atoms with Crippen molar-refractivity contribution in [1.82, 2.24) is 35.1 Å². The summed E-state index contributed by atoms with van der Waals surface area (Å²) in [6.45, 7) is 1.96. The summed E-state index contributed by atoms with van der Waals surface area (Å²) >= 11 is 0. The Labute approximate surface area is 188 Å². The van der Waals surface area contributed by atoms with Crippen LogP contribution >= 0.6 is 0 Å². The number of anilines is 1. The molecule has 1 aromatic carbocycles. The maximum Gasteiger partial charge on any atom is 0.220 e. The van der Waals surface area contributed by atoms with Crippen molar-refractivity contribution in [1.29, 1.82) is 0 Å². The maximum atomic E-state index is 13.3. The summed E-state index contributed by atoms with van der Waals surface area (Å²) in [7, 11) is 0. The average molecular weight is 436 g/mol. The van der Waals surface area contributed by atoms with Gasteiger partial charge in [-0.05, 0) is 49.2 Å². The normalized spacial score (nSPS) is 10.7. The fraction of sp³-hybridized carbons (Fsp3) is 0.0833. The number of nitrogens with one attached hydrogen (secondary N) is 1. The molecule has 33 heavy (non-hydrogen) atoms. The van der Waals surface area contributed by atoms with Gasteiger partial charge in [-0.25, -0.2) is 24.3 Å². The number of hydrogen-bond donors (Lipinski definition) is 2. The van der Waals surface area contributed by atoms with Gasteiger partial charge < -0.3 is 5.73 Å². The predicted molar refractivity (Wildman–Crippen MR) is 121 cm³/mol. The van der Waals surface area contributed by atoms with E-state index < -0.39 is 5.82 Å². The van der Waals surface area contributed by atoms with E-state index in [0.717, 1.165) is 27.7 Å². The third kappa shape index (κ3) is 4.36. The molecular formula is C24H17FN8. The molecule has 0 radical (unpaired) electrons. The summed E-state index contributed by atoms with van der Waals surface area (Å²) < 4.78 is 13.3. The molecule has 0 amide bonds. The van der Waals surface area contributed by atoms with Crippen LogP contribution in [0.5, 0.6) is 0 Å². The summed E-state index contributed by atoms with van der Waals surface area (Å²) in [6, 6.07) is 10.5. The Bertz CT molecular complexity index is 1530. The van der Waals surface area contributed by atoms with Crippen LogP contribution in [0.4, 0.5) is 10.3 Å². The van der Waals surface area contributed by atoms with Gasteiger partial charge in [-0.1, -0.05) is 5.92 Å². The molecule has 0 aliphatic heterocycles. The molecule has 0 saturated heterocycles. The Hall–Kier alpha value is -4.71. The molecule has 0 aliphatic rings. The van der Waals surface area contributed by atoms with E-state index in [9.17, 15) is 4.39 Å². The smallest absolute Gasteiger partial charge is 0.220 e. The van der Waals surface area contributed by atoms with Gasteiger partial charge in [-0.2, -0.15) is 5.10 Å². The lowest BCUT2D eigenvalue weighted by molar-refractivity contribution is 0.619. The minimum Gasteiger partial charge on any atom is -0.368 e. The SMILES string of the molecule is Cc1[nH]nc2ccc(C#Cc3nc(-c4ccnc(N)n4)ncc3Cc3ccc(F)cn3)cc12. The first kappa shape index (κ1) is 20.2. The van der Waals surface area contributed by atoms with Gasteiger partial charge in [0.15, 0.2) is 5.82 Å². The highest BCUT2D eigenvalue weighted by molar-refractivity contribution is 5.82. The Morgan fingerprint density at radius 2 is 1.91 bits per heavy atom. The number of aromatic amines is 1. The molecule has 8 nitrogen and oxygen atoms in total. The zero-order chi connectivity index (χ0) is 22.8. The molecule has 0 atom stereocenters. The second-order valence-corrected chi connectivity index (χ2v) is 7.34. The number of halogens is 1. The molecule has 5 rings (SSSR count). The van der Waals surface area contributed by atoms with Gasteiger partial charge in [0.05, 0.1) is 11.7 Å². The lowest BCUT2D eigenvalue weighted by atomic mass is 10.1. The number of nitrogens with zero attached hydrogens (tertiary/aromatic N) is 6. The van der Waals surface area contributed by atoms with Gasteiger partial charge in [0.1, 0.15) is 17.2 Å². The summed E-state index contributed by atoms with van der Waals surface area (Å²) in [6.07, 6.45) is 4.81. The second kappa shape index (κ2) is 8.43. The number of aryl methyl sites for hydroxylation is 1. The standard InChI is InChI=1S/C24H17FN8/c1-14-19-10-15(3-7-21(19)33-32-14)2-6-20-16(11-18-5-4-17(25)13-28-18)12-29-23(30-20)22-8-9-27-24(26)31-22/h3-5,7-10,12-13H,11H2,1H3,(H,32,33)(H2,26,27,31). The van der Waals surface area contributed by atoms with E-state index in [1.165, 1.54) is 12.3 Å². The minimum atomic E-state index is -0.392. The number of H-pyrrole nitrogens is 1. The number of nitrogens with two attached hydrogens (primary N) is 1. The summed E-state index contributed by atoms with van der Waals surface area (Å²) in [4.78, 5) is 21.3. The zero-order valence-corrected chi connectivity index (χ0v) is 17.5. The molecule has 0 aliphatic carbocycles. The number of rotatable bonds is 3. The molecule has 3 N–H and O–H groups in total. The van der Waals surface area contributed by atoms with Crippen molar-refractivity contribution in [3.63, 3.8) is 0 Å². The molecule has 160 valence electrons. The lowest BCUT2D eigenvalue weighted by Crippen LogP contribution is -2.03. The van der Waals surface area contributed by atoms with Crippen molar-refractivity contribution < 1.29 is 4.39 Å². The fourth-order valence-corrected chi connectivity index (χ4v) is 3.32. The molecule has 0 spiro atoms. The van der Waals surface area contributed by atoms with E-state index in [2.05, 4.69) is 47.0 Å². The number of fused-ring (bicyclic) bond motifs is 1. The molecular weight excluding hydrogens is 419 g/mol. The van der Waals surface area contributed by atoms with E-state index in [0.29, 0.717) is 29.3 Å². The Balaban J connectivity index is 1.57. The van der Waals surface area contributed by atoms with Crippen LogP contribution in [0.3, 0.4) is 0 Å². The first-order valence-corrected chi connectivity index (χ1v) is 10.1. The van der Waals surface area contributed by atoms with Crippen LogP contribution in [0.1, 0.15) is 28.2 Å². The van der Waals surface area contributed by atoms with Crippen LogP contribution in [0.15, 0.2) is 55.0 Å². The molecule has 4 heterocycles. The van der Waals surface area contributed by atoms with Crippen LogP contribution in [0.25, 0.3) is 22.4 Å². The molecule has 9 heteroatoms. The summed E-state index contributed by atoms with van der Waals surface area (Å²) in [5.41, 5.74) is 10.8. The van der Waals surface area contributed by atoms with Crippen LogP contribution in [0.2, 0.25) is 0 Å². The summed E-state index contributed by atoms with van der Waals surface area (Å²) in [5, 5.41) is 8.23. The third-order valence-electron chi connectivity index (χ3n) is 5.00. The minimum absolute atomic E-state index is 0.132. The highest BCUT2D eigenvalue weighted by Crippen LogP contribution is 2.18. The Kier molecular flexibility index (Phi) is 5.16. The Morgan fingerprint density at radius 1 is 1.00 bits per heavy atom. The van der Waals surface area contributed by atoms with Gasteiger partial charge in [0.2, 0.25) is 5.95 Å². The van der Waals surface area contributed by atoms with Gasteiger partial charge >= 0.3 is 0 Å². The molecule has 0 bridgehead atoms. The van der Waals surface area contributed by atoms with Crippen molar-refractivity contribution in [2.75, 3.05) is 5.73 Å². The van der Waals surface area contributed by atoms with E-state index in [4.69, 9.17) is 5.73 Å². The lowest BCUT2D eigenvalue weighted by Gasteiger charge is -2.06. The molecule has 0 unspecified atom stereocenters. The number of nitrogen functional groups attached to an aromatic ring is 1. The van der Waals surface area contributed by atoms with Crippen molar-refractivity contribution in [3.05, 3.63) is 89.0 Å². The number of aromatic nitrogens is 7. The van der Waals surface area contributed by atoms with Crippen LogP contribution in [-0.4, -0.2) is 35.1 Å². The third-order valence-corrected chi connectivity index (χ3v) is 5.00. The first-order chi connectivity index (χ1) is 16.0. The van der Waals surface area contributed by atoms with Crippen molar-refractivity contribution in [2.24, 2.45) is 0 Å². The van der Waals surface area contributed by atoms with E-state index in [1.54, 1.807) is 24.5 Å². The monoisotopic (exact) mass is 436 g/mol. The highest BCUT2D eigenvalue weighted by Gasteiger charge is 2.11. The van der Waals surface area contributed by atoms with Crippen molar-refractivity contribution in [2.45, 2.75) is 13.3 Å². The zero-order valence-electron chi connectivity index (χ0n) is 17.5. The van der Waals surface area contributed by atoms with Gasteiger partial charge in [0.25, 0.3) is 0 Å². The number of pyridine rings is 1. The van der Waals surface area contributed by atoms with Crippen LogP contribution in [0, 0.1) is 24.6 Å². The number of hydrogen-bond acceptors (Lipinski definition) is 7. The fourth-order valence-electron chi connectivity index (χ4n) is 3.32. The van der Waals surface area contributed by atoms with E-state index in [1.807, 2.05) is 25.1 Å². The topological polar surface area (TPSA) is 119 Å². The van der Waals surface area contributed by atoms with Gasteiger partial charge in [-0.3, -0.25) is 10.1 Å². The van der Waals surface area contributed by atoms with Crippen LogP contribution < -0.4 is 5.73 Å². The van der Waals surface area contributed by atoms with Gasteiger partial charge in [0, 0.05) is 46.7 Å². The largest absolute Gasteiger partial charge is 0.368 e.